The second-order valence-electron chi connectivity index (χ2n) is 9.03. The Morgan fingerprint density at radius 1 is 1.19 bits per heavy atom. The van der Waals surface area contributed by atoms with Gasteiger partial charge in [-0.15, -0.1) is 0 Å². The van der Waals surface area contributed by atoms with Crippen molar-refractivity contribution >= 4 is 5.91 Å². The number of carbonyl (C=O) groups excluding carboxylic acids is 1. The summed E-state index contributed by atoms with van der Waals surface area (Å²) in [4.78, 5) is 22.0. The molecule has 2 aliphatic heterocycles. The lowest BCUT2D eigenvalue weighted by molar-refractivity contribution is -0.131. The summed E-state index contributed by atoms with van der Waals surface area (Å²) < 4.78 is 1.71. The highest BCUT2D eigenvalue weighted by molar-refractivity contribution is 5.76. The van der Waals surface area contributed by atoms with Crippen molar-refractivity contribution in [2.24, 2.45) is 11.3 Å². The quantitative estimate of drug-likeness (QED) is 0.633. The van der Waals surface area contributed by atoms with Crippen LogP contribution in [0.25, 0.3) is 0 Å². The number of benzene rings is 1. The van der Waals surface area contributed by atoms with E-state index in [1.807, 2.05) is 19.2 Å². The number of hydrogen-bond donors (Lipinski definition) is 1. The number of hydrogen-bond acceptors (Lipinski definition) is 5. The lowest BCUT2D eigenvalue weighted by atomic mass is 9.76. The van der Waals surface area contributed by atoms with Gasteiger partial charge < -0.3 is 4.90 Å². The highest BCUT2D eigenvalue weighted by Gasteiger charge is 2.52. The van der Waals surface area contributed by atoms with Crippen molar-refractivity contribution in [3.05, 3.63) is 66.0 Å². The summed E-state index contributed by atoms with van der Waals surface area (Å²) in [6.07, 6.45) is 5.68. The molecule has 2 aromatic heterocycles. The summed E-state index contributed by atoms with van der Waals surface area (Å²) in [5, 5.41) is 11.5. The van der Waals surface area contributed by atoms with Crippen LogP contribution < -0.4 is 0 Å². The second-order valence-corrected chi connectivity index (χ2v) is 9.03. The summed E-state index contributed by atoms with van der Waals surface area (Å²) in [5.74, 6) is 2.33. The number of rotatable bonds is 7. The van der Waals surface area contributed by atoms with E-state index in [4.69, 9.17) is 0 Å². The van der Waals surface area contributed by atoms with Crippen LogP contribution in [-0.2, 0) is 24.3 Å². The zero-order valence-corrected chi connectivity index (χ0v) is 17.9. The number of H-pyrrole nitrogens is 1. The van der Waals surface area contributed by atoms with Gasteiger partial charge in [0.2, 0.25) is 5.91 Å². The van der Waals surface area contributed by atoms with Crippen molar-refractivity contribution in [3.63, 3.8) is 0 Å². The smallest absolute Gasteiger partial charge is 0.244 e. The van der Waals surface area contributed by atoms with Crippen LogP contribution in [0.1, 0.15) is 23.6 Å². The van der Waals surface area contributed by atoms with Gasteiger partial charge in [-0.05, 0) is 37.3 Å². The van der Waals surface area contributed by atoms with Gasteiger partial charge in [-0.25, -0.2) is 4.98 Å². The van der Waals surface area contributed by atoms with Crippen LogP contribution in [0.4, 0.5) is 0 Å². The molecule has 1 amide bonds. The highest BCUT2D eigenvalue weighted by Crippen LogP contribution is 2.46. The van der Waals surface area contributed by atoms with E-state index in [-0.39, 0.29) is 11.3 Å². The molecule has 31 heavy (non-hydrogen) atoms. The van der Waals surface area contributed by atoms with Gasteiger partial charge >= 0.3 is 0 Å². The van der Waals surface area contributed by atoms with Crippen LogP contribution in [0, 0.1) is 18.3 Å². The minimum atomic E-state index is 0.112. The number of aryl methyl sites for hydroxylation is 2. The Bertz CT molecular complexity index is 1020. The third-order valence-corrected chi connectivity index (χ3v) is 6.80. The molecule has 2 saturated heterocycles. The molecule has 8 heteroatoms. The van der Waals surface area contributed by atoms with Gasteiger partial charge in [0.1, 0.15) is 12.4 Å². The van der Waals surface area contributed by atoms with E-state index in [0.717, 1.165) is 57.2 Å². The first kappa shape index (κ1) is 19.9. The fourth-order valence-electron chi connectivity index (χ4n) is 5.29. The molecule has 3 aromatic rings. The number of fused-ring (bicyclic) bond motifs is 1. The van der Waals surface area contributed by atoms with Crippen LogP contribution in [-0.4, -0.2) is 66.8 Å². The first-order valence-corrected chi connectivity index (χ1v) is 11.0. The topological polar surface area (TPSA) is 82.9 Å². The molecular weight excluding hydrogens is 390 g/mol. The van der Waals surface area contributed by atoms with Crippen molar-refractivity contribution in [1.82, 2.24) is 34.8 Å². The summed E-state index contributed by atoms with van der Waals surface area (Å²) >= 11 is 0. The van der Waals surface area contributed by atoms with Crippen molar-refractivity contribution < 1.29 is 4.79 Å². The molecule has 162 valence electrons. The van der Waals surface area contributed by atoms with Crippen molar-refractivity contribution in [2.45, 2.75) is 32.9 Å². The van der Waals surface area contributed by atoms with E-state index in [1.165, 1.54) is 5.56 Å². The molecule has 5 rings (SSSR count). The maximum atomic E-state index is 13.0. The van der Waals surface area contributed by atoms with E-state index in [2.05, 4.69) is 60.4 Å². The summed E-state index contributed by atoms with van der Waals surface area (Å²) in [7, 11) is 0. The van der Waals surface area contributed by atoms with Gasteiger partial charge in [0, 0.05) is 44.0 Å². The Kier molecular flexibility index (Phi) is 5.31. The average molecular weight is 420 g/mol. The SMILES string of the molecule is Cc1nc(CN2C[C@H]3CN(C(=O)Cn4cccn4)C[C@@]3(CCc3ccccc3)C2)n[nH]1. The molecule has 0 radical (unpaired) electrons. The number of likely N-dealkylation sites (tertiary alicyclic amines) is 2. The summed E-state index contributed by atoms with van der Waals surface area (Å²) in [5.41, 5.74) is 1.47. The maximum absolute atomic E-state index is 13.0. The van der Waals surface area contributed by atoms with Crippen LogP contribution in [0.3, 0.4) is 0 Å². The molecule has 1 N–H and O–H groups in total. The molecule has 2 fully saturated rings. The molecule has 8 nitrogen and oxygen atoms in total. The van der Waals surface area contributed by atoms with E-state index in [9.17, 15) is 4.79 Å². The van der Waals surface area contributed by atoms with Crippen LogP contribution in [0.2, 0.25) is 0 Å². The minimum Gasteiger partial charge on any atom is -0.340 e. The molecule has 2 aliphatic rings. The Balaban J connectivity index is 1.30. The van der Waals surface area contributed by atoms with Gasteiger partial charge in [0.15, 0.2) is 5.82 Å². The predicted octanol–water partition coefficient (Wildman–Crippen LogP) is 1.90. The molecular formula is C23H29N7O. The van der Waals surface area contributed by atoms with Gasteiger partial charge in [0.05, 0.1) is 6.54 Å². The fraction of sp³-hybridized carbons (Fsp3) is 0.478. The minimum absolute atomic E-state index is 0.112. The Labute approximate surface area is 182 Å². The molecule has 4 heterocycles. The van der Waals surface area contributed by atoms with Crippen molar-refractivity contribution in [2.75, 3.05) is 26.2 Å². The predicted molar refractivity (Wildman–Crippen MR) is 116 cm³/mol. The van der Waals surface area contributed by atoms with Gasteiger partial charge in [-0.2, -0.15) is 10.2 Å². The van der Waals surface area contributed by atoms with Gasteiger partial charge in [-0.1, -0.05) is 30.3 Å². The van der Waals surface area contributed by atoms with Crippen LogP contribution >= 0.6 is 0 Å². The molecule has 0 unspecified atom stereocenters. The summed E-state index contributed by atoms with van der Waals surface area (Å²) in [6, 6.07) is 12.5. The highest BCUT2D eigenvalue weighted by atomic mass is 16.2. The molecule has 1 aromatic carbocycles. The van der Waals surface area contributed by atoms with Gasteiger partial charge in [0.25, 0.3) is 0 Å². The van der Waals surface area contributed by atoms with Crippen molar-refractivity contribution in [1.29, 1.82) is 0 Å². The second kappa shape index (κ2) is 8.26. The normalized spacial score (nSPS) is 23.4. The number of amides is 1. The van der Waals surface area contributed by atoms with Gasteiger partial charge in [-0.3, -0.25) is 19.5 Å². The number of aromatic amines is 1. The fourth-order valence-corrected chi connectivity index (χ4v) is 5.29. The third-order valence-electron chi connectivity index (χ3n) is 6.80. The zero-order chi connectivity index (χ0) is 21.3. The van der Waals surface area contributed by atoms with E-state index >= 15 is 0 Å². The number of carbonyl (C=O) groups is 1. The standard InChI is InChI=1S/C23H29N7O/c1-18-25-21(27-26-18)14-28-12-20-13-29(22(31)15-30-11-5-10-24-30)17-23(20,16-28)9-8-19-6-3-2-4-7-19/h2-7,10-11,20H,8-9,12-17H2,1H3,(H,25,26,27)/t20-,23+/m0/s1. The van der Waals surface area contributed by atoms with E-state index in [0.29, 0.717) is 12.5 Å². The number of nitrogens with one attached hydrogen (secondary N) is 1. The van der Waals surface area contributed by atoms with Crippen molar-refractivity contribution in [3.8, 4) is 0 Å². The lowest BCUT2D eigenvalue weighted by Gasteiger charge is -2.29. The number of aromatic nitrogens is 5. The Hall–Kier alpha value is -3.00. The summed E-state index contributed by atoms with van der Waals surface area (Å²) in [6.45, 7) is 6.59. The largest absolute Gasteiger partial charge is 0.340 e. The third kappa shape index (κ3) is 4.25. The van der Waals surface area contributed by atoms with Crippen LogP contribution in [0.15, 0.2) is 48.8 Å². The Morgan fingerprint density at radius 2 is 2.06 bits per heavy atom. The molecule has 0 aliphatic carbocycles. The maximum Gasteiger partial charge on any atom is 0.244 e. The van der Waals surface area contributed by atoms with E-state index < -0.39 is 0 Å². The average Bonchev–Trinajstić information content (AvgIpc) is 3.53. The lowest BCUT2D eigenvalue weighted by Crippen LogP contribution is -2.38. The Morgan fingerprint density at radius 3 is 2.81 bits per heavy atom. The van der Waals surface area contributed by atoms with E-state index in [1.54, 1.807) is 10.9 Å². The molecule has 2 atom stereocenters. The molecule has 0 bridgehead atoms. The first-order valence-electron chi connectivity index (χ1n) is 11.0. The van der Waals surface area contributed by atoms with Crippen LogP contribution in [0.5, 0.6) is 0 Å². The zero-order valence-electron chi connectivity index (χ0n) is 17.9. The molecule has 0 spiro atoms. The monoisotopic (exact) mass is 419 g/mol. The first-order chi connectivity index (χ1) is 15.1. The number of nitrogens with zero attached hydrogens (tertiary/aromatic N) is 6. The molecule has 0 saturated carbocycles.